The molecule has 0 aromatic heterocycles. The van der Waals surface area contributed by atoms with Crippen LogP contribution in [0.3, 0.4) is 0 Å². The summed E-state index contributed by atoms with van der Waals surface area (Å²) in [5.74, 6) is -0.691. The number of amides is 2. The number of piperidine rings is 1. The Morgan fingerprint density at radius 2 is 2.14 bits per heavy atom. The van der Waals surface area contributed by atoms with Gasteiger partial charge in [-0.2, -0.15) is 0 Å². The van der Waals surface area contributed by atoms with E-state index in [-0.39, 0.29) is 23.8 Å². The topological polar surface area (TPSA) is 75.4 Å². The highest BCUT2D eigenvalue weighted by Gasteiger charge is 2.29. The molecule has 1 aromatic carbocycles. The molecule has 22 heavy (non-hydrogen) atoms. The van der Waals surface area contributed by atoms with E-state index < -0.39 is 0 Å². The second kappa shape index (κ2) is 7.31. The fourth-order valence-electron chi connectivity index (χ4n) is 2.59. The quantitative estimate of drug-likeness (QED) is 0.881. The largest absolute Gasteiger partial charge is 0.369 e. The lowest BCUT2D eigenvalue weighted by atomic mass is 9.96. The summed E-state index contributed by atoms with van der Waals surface area (Å²) >= 11 is 12.0. The lowest BCUT2D eigenvalue weighted by Crippen LogP contribution is -2.49. The van der Waals surface area contributed by atoms with Crippen molar-refractivity contribution in [2.24, 2.45) is 11.7 Å². The van der Waals surface area contributed by atoms with E-state index in [4.69, 9.17) is 28.9 Å². The Labute approximate surface area is 139 Å². The number of benzene rings is 1. The number of halogens is 2. The van der Waals surface area contributed by atoms with Crippen molar-refractivity contribution in [3.8, 4) is 0 Å². The zero-order valence-corrected chi connectivity index (χ0v) is 13.8. The third-order valence-electron chi connectivity index (χ3n) is 3.97. The van der Waals surface area contributed by atoms with Gasteiger partial charge in [-0.1, -0.05) is 23.2 Å². The fraction of sp³-hybridized carbons (Fsp3) is 0.467. The molecule has 0 radical (unpaired) electrons. The lowest BCUT2D eigenvalue weighted by Gasteiger charge is -2.34. The standard InChI is InChI=1S/C15H19Cl2N3O2/c1-9(20-6-2-3-10(8-20)14(18)21)15(22)19-13-7-11(16)4-5-12(13)17/h4-5,7,9-10H,2-3,6,8H2,1H3,(H2,18,21)(H,19,22). The van der Waals surface area contributed by atoms with Gasteiger partial charge >= 0.3 is 0 Å². The van der Waals surface area contributed by atoms with Crippen molar-refractivity contribution >= 4 is 40.7 Å². The molecule has 1 saturated heterocycles. The van der Waals surface area contributed by atoms with Crippen molar-refractivity contribution in [1.82, 2.24) is 4.90 Å². The maximum atomic E-state index is 12.4. The number of rotatable bonds is 4. The summed E-state index contributed by atoms with van der Waals surface area (Å²) in [6, 6.07) is 4.52. The number of primary amides is 1. The maximum absolute atomic E-state index is 12.4. The molecule has 7 heteroatoms. The first kappa shape index (κ1) is 17.1. The molecule has 1 heterocycles. The molecular formula is C15H19Cl2N3O2. The minimum atomic E-state index is -0.378. The predicted octanol–water partition coefficient (Wildman–Crippen LogP) is 2.52. The number of likely N-dealkylation sites (tertiary alicyclic amines) is 1. The van der Waals surface area contributed by atoms with E-state index in [0.29, 0.717) is 22.3 Å². The number of carbonyl (C=O) groups excluding carboxylic acids is 2. The monoisotopic (exact) mass is 343 g/mol. The number of nitrogens with zero attached hydrogens (tertiary/aromatic N) is 1. The van der Waals surface area contributed by atoms with Gasteiger partial charge in [0.25, 0.3) is 0 Å². The number of anilines is 1. The summed E-state index contributed by atoms with van der Waals surface area (Å²) in [5, 5.41) is 3.71. The Bertz CT molecular complexity index is 580. The average molecular weight is 344 g/mol. The molecule has 0 bridgehead atoms. The SMILES string of the molecule is CC(C(=O)Nc1cc(Cl)ccc1Cl)N1CCCC(C(N)=O)C1. The second-order valence-electron chi connectivity index (χ2n) is 5.53. The van der Waals surface area contributed by atoms with Crippen molar-refractivity contribution in [3.05, 3.63) is 28.2 Å². The van der Waals surface area contributed by atoms with E-state index >= 15 is 0 Å². The van der Waals surface area contributed by atoms with E-state index in [9.17, 15) is 9.59 Å². The molecule has 2 amide bonds. The molecule has 5 nitrogen and oxygen atoms in total. The Morgan fingerprint density at radius 3 is 2.82 bits per heavy atom. The number of carbonyl (C=O) groups is 2. The van der Waals surface area contributed by atoms with Crippen LogP contribution < -0.4 is 11.1 Å². The van der Waals surface area contributed by atoms with Crippen molar-refractivity contribution < 1.29 is 9.59 Å². The van der Waals surface area contributed by atoms with Crippen LogP contribution in [0.5, 0.6) is 0 Å². The zero-order chi connectivity index (χ0) is 16.3. The van der Waals surface area contributed by atoms with Gasteiger partial charge in [-0.15, -0.1) is 0 Å². The van der Waals surface area contributed by atoms with Gasteiger partial charge in [0, 0.05) is 11.6 Å². The number of nitrogens with two attached hydrogens (primary N) is 1. The summed E-state index contributed by atoms with van der Waals surface area (Å²) in [6.45, 7) is 3.08. The van der Waals surface area contributed by atoms with E-state index in [0.717, 1.165) is 19.4 Å². The first-order valence-electron chi connectivity index (χ1n) is 7.17. The molecule has 0 saturated carbocycles. The van der Waals surface area contributed by atoms with Crippen LogP contribution in [-0.4, -0.2) is 35.8 Å². The molecule has 0 aliphatic carbocycles. The van der Waals surface area contributed by atoms with Gasteiger partial charge in [-0.05, 0) is 44.5 Å². The van der Waals surface area contributed by atoms with Crippen molar-refractivity contribution in [3.63, 3.8) is 0 Å². The van der Waals surface area contributed by atoms with Gasteiger partial charge in [-0.3, -0.25) is 14.5 Å². The zero-order valence-electron chi connectivity index (χ0n) is 12.3. The Hall–Kier alpha value is -1.30. The van der Waals surface area contributed by atoms with E-state index in [2.05, 4.69) is 5.32 Å². The normalized spacial score (nSPS) is 20.4. The lowest BCUT2D eigenvalue weighted by molar-refractivity contribution is -0.127. The van der Waals surface area contributed by atoms with Gasteiger partial charge in [0.2, 0.25) is 11.8 Å². The van der Waals surface area contributed by atoms with Crippen LogP contribution in [-0.2, 0) is 9.59 Å². The van der Waals surface area contributed by atoms with Crippen LogP contribution >= 0.6 is 23.2 Å². The molecule has 120 valence electrons. The van der Waals surface area contributed by atoms with Gasteiger partial charge in [0.05, 0.1) is 22.7 Å². The van der Waals surface area contributed by atoms with E-state index in [1.54, 1.807) is 25.1 Å². The van der Waals surface area contributed by atoms with Crippen LogP contribution in [0, 0.1) is 5.92 Å². The third-order valence-corrected chi connectivity index (χ3v) is 4.53. The first-order chi connectivity index (χ1) is 10.4. The van der Waals surface area contributed by atoms with Crippen molar-refractivity contribution in [2.45, 2.75) is 25.8 Å². The molecule has 1 aromatic rings. The molecule has 2 rings (SSSR count). The van der Waals surface area contributed by atoms with Crippen molar-refractivity contribution in [2.75, 3.05) is 18.4 Å². The first-order valence-corrected chi connectivity index (χ1v) is 7.93. The maximum Gasteiger partial charge on any atom is 0.241 e. The van der Waals surface area contributed by atoms with Crippen LogP contribution in [0.4, 0.5) is 5.69 Å². The summed E-state index contributed by atoms with van der Waals surface area (Å²) in [6.07, 6.45) is 1.63. The molecule has 1 aliphatic heterocycles. The van der Waals surface area contributed by atoms with Gasteiger partial charge in [0.1, 0.15) is 0 Å². The smallest absolute Gasteiger partial charge is 0.241 e. The average Bonchev–Trinajstić information content (AvgIpc) is 2.50. The number of nitrogens with one attached hydrogen (secondary N) is 1. The van der Waals surface area contributed by atoms with Crippen LogP contribution in [0.1, 0.15) is 19.8 Å². The molecular weight excluding hydrogens is 325 g/mol. The van der Waals surface area contributed by atoms with Crippen LogP contribution in [0.2, 0.25) is 10.0 Å². The van der Waals surface area contributed by atoms with Crippen LogP contribution in [0.25, 0.3) is 0 Å². The number of hydrogen-bond acceptors (Lipinski definition) is 3. The van der Waals surface area contributed by atoms with Crippen LogP contribution in [0.15, 0.2) is 18.2 Å². The Morgan fingerprint density at radius 1 is 1.41 bits per heavy atom. The fourth-order valence-corrected chi connectivity index (χ4v) is 2.92. The summed E-state index contributed by atoms with van der Waals surface area (Å²) in [5.41, 5.74) is 5.85. The Balaban J connectivity index is 2.02. The van der Waals surface area contributed by atoms with E-state index in [1.807, 2.05) is 4.90 Å². The summed E-state index contributed by atoms with van der Waals surface area (Å²) in [7, 11) is 0. The molecule has 2 unspecified atom stereocenters. The highest BCUT2D eigenvalue weighted by Crippen LogP contribution is 2.26. The molecule has 1 aliphatic rings. The predicted molar refractivity (Wildman–Crippen MR) is 88.0 cm³/mol. The van der Waals surface area contributed by atoms with E-state index in [1.165, 1.54) is 0 Å². The molecule has 2 atom stereocenters. The second-order valence-corrected chi connectivity index (χ2v) is 6.37. The molecule has 3 N–H and O–H groups in total. The minimum absolute atomic E-state index is 0.186. The number of hydrogen-bond donors (Lipinski definition) is 2. The third kappa shape index (κ3) is 4.12. The minimum Gasteiger partial charge on any atom is -0.369 e. The summed E-state index contributed by atoms with van der Waals surface area (Å²) < 4.78 is 0. The molecule has 0 spiro atoms. The van der Waals surface area contributed by atoms with Crippen molar-refractivity contribution in [1.29, 1.82) is 0 Å². The Kier molecular flexibility index (Phi) is 5.67. The highest BCUT2D eigenvalue weighted by atomic mass is 35.5. The van der Waals surface area contributed by atoms with Gasteiger partial charge < -0.3 is 11.1 Å². The molecule has 1 fully saturated rings. The van der Waals surface area contributed by atoms with Gasteiger partial charge in [-0.25, -0.2) is 0 Å². The van der Waals surface area contributed by atoms with Gasteiger partial charge in [0.15, 0.2) is 0 Å². The highest BCUT2D eigenvalue weighted by molar-refractivity contribution is 6.35. The summed E-state index contributed by atoms with van der Waals surface area (Å²) in [4.78, 5) is 25.7.